The van der Waals surface area contributed by atoms with Crippen molar-refractivity contribution in [3.05, 3.63) is 12.1 Å². The Labute approximate surface area is 114 Å². The molecule has 1 aromatic carbocycles. The fraction of sp³-hybridized carbons (Fsp3) is 0.571. The first kappa shape index (κ1) is 15.4. The zero-order valence-corrected chi connectivity index (χ0v) is 12.1. The lowest BCUT2D eigenvalue weighted by Gasteiger charge is -2.21. The number of aliphatic hydroxyl groups is 1. The molecule has 0 fully saturated rings. The summed E-state index contributed by atoms with van der Waals surface area (Å²) >= 11 is 0. The summed E-state index contributed by atoms with van der Waals surface area (Å²) in [5.74, 6) is 1.70. The number of rotatable bonds is 7. The van der Waals surface area contributed by atoms with E-state index in [1.54, 1.807) is 26.4 Å². The van der Waals surface area contributed by atoms with E-state index in [1.807, 2.05) is 0 Å². The van der Waals surface area contributed by atoms with Gasteiger partial charge in [-0.15, -0.1) is 0 Å². The molecule has 108 valence electrons. The largest absolute Gasteiger partial charge is 0.493 e. The zero-order valence-electron chi connectivity index (χ0n) is 12.1. The van der Waals surface area contributed by atoms with Crippen LogP contribution in [-0.4, -0.2) is 32.0 Å². The number of methoxy groups -OCH3 is 2. The van der Waals surface area contributed by atoms with Crippen LogP contribution in [0.1, 0.15) is 20.3 Å². The van der Waals surface area contributed by atoms with Gasteiger partial charge in [0.05, 0.1) is 32.2 Å². The second-order valence-corrected chi connectivity index (χ2v) is 4.95. The van der Waals surface area contributed by atoms with Crippen LogP contribution in [0.4, 0.5) is 11.4 Å². The van der Waals surface area contributed by atoms with Crippen molar-refractivity contribution < 1.29 is 14.6 Å². The molecule has 0 aromatic heterocycles. The van der Waals surface area contributed by atoms with Gasteiger partial charge in [0.2, 0.25) is 0 Å². The third-order valence-electron chi connectivity index (χ3n) is 2.89. The average molecular weight is 268 g/mol. The number of hydrogen-bond acceptors (Lipinski definition) is 5. The van der Waals surface area contributed by atoms with E-state index in [2.05, 4.69) is 19.2 Å². The van der Waals surface area contributed by atoms with Crippen molar-refractivity contribution in [3.63, 3.8) is 0 Å². The van der Waals surface area contributed by atoms with Crippen LogP contribution in [0.5, 0.6) is 11.5 Å². The molecular weight excluding hydrogens is 244 g/mol. The monoisotopic (exact) mass is 268 g/mol. The van der Waals surface area contributed by atoms with E-state index >= 15 is 0 Å². The van der Waals surface area contributed by atoms with Crippen LogP contribution in [0.15, 0.2) is 12.1 Å². The molecular formula is C14H24N2O3. The fourth-order valence-electron chi connectivity index (χ4n) is 1.99. The molecule has 4 N–H and O–H groups in total. The highest BCUT2D eigenvalue weighted by Crippen LogP contribution is 2.35. The summed E-state index contributed by atoms with van der Waals surface area (Å²) in [5.41, 5.74) is 7.29. The van der Waals surface area contributed by atoms with E-state index in [9.17, 15) is 5.11 Å². The van der Waals surface area contributed by atoms with Gasteiger partial charge in [0, 0.05) is 18.2 Å². The van der Waals surface area contributed by atoms with E-state index in [0.29, 0.717) is 23.1 Å². The number of anilines is 2. The number of hydrogen-bond donors (Lipinski definition) is 3. The smallest absolute Gasteiger partial charge is 0.162 e. The van der Waals surface area contributed by atoms with Crippen LogP contribution in [-0.2, 0) is 0 Å². The van der Waals surface area contributed by atoms with Crippen LogP contribution in [0.2, 0.25) is 0 Å². The minimum Gasteiger partial charge on any atom is -0.493 e. The fourth-order valence-corrected chi connectivity index (χ4v) is 1.99. The highest BCUT2D eigenvalue weighted by atomic mass is 16.5. The van der Waals surface area contributed by atoms with E-state index in [4.69, 9.17) is 15.2 Å². The SMILES string of the molecule is COc1cc(N)c(NC(CO)CC(C)C)cc1OC. The lowest BCUT2D eigenvalue weighted by molar-refractivity contribution is 0.259. The van der Waals surface area contributed by atoms with Crippen molar-refractivity contribution in [2.45, 2.75) is 26.3 Å². The Kier molecular flexibility index (Phi) is 5.76. The molecule has 0 spiro atoms. The van der Waals surface area contributed by atoms with Crippen molar-refractivity contribution >= 4 is 11.4 Å². The number of aliphatic hydroxyl groups excluding tert-OH is 1. The third kappa shape index (κ3) is 4.21. The van der Waals surface area contributed by atoms with Crippen LogP contribution in [0, 0.1) is 5.92 Å². The molecule has 0 bridgehead atoms. The molecule has 19 heavy (non-hydrogen) atoms. The molecule has 0 saturated heterocycles. The second-order valence-electron chi connectivity index (χ2n) is 4.95. The summed E-state index contributed by atoms with van der Waals surface area (Å²) in [6, 6.07) is 3.47. The second kappa shape index (κ2) is 7.09. The molecule has 1 aromatic rings. The van der Waals surface area contributed by atoms with Gasteiger partial charge in [-0.25, -0.2) is 0 Å². The summed E-state index contributed by atoms with van der Waals surface area (Å²) in [6.07, 6.45) is 0.865. The van der Waals surface area contributed by atoms with Gasteiger partial charge in [-0.05, 0) is 12.3 Å². The molecule has 0 heterocycles. The van der Waals surface area contributed by atoms with Crippen molar-refractivity contribution in [3.8, 4) is 11.5 Å². The first-order valence-corrected chi connectivity index (χ1v) is 6.40. The van der Waals surface area contributed by atoms with Crippen LogP contribution in [0.25, 0.3) is 0 Å². The van der Waals surface area contributed by atoms with Gasteiger partial charge in [-0.3, -0.25) is 0 Å². The molecule has 0 amide bonds. The summed E-state index contributed by atoms with van der Waals surface area (Å²) < 4.78 is 10.4. The van der Waals surface area contributed by atoms with Gasteiger partial charge in [-0.2, -0.15) is 0 Å². The minimum absolute atomic E-state index is 0.0274. The Morgan fingerprint density at radius 3 is 2.26 bits per heavy atom. The molecule has 5 nitrogen and oxygen atoms in total. The lowest BCUT2D eigenvalue weighted by atomic mass is 10.0. The van der Waals surface area contributed by atoms with Gasteiger partial charge in [-0.1, -0.05) is 13.8 Å². The summed E-state index contributed by atoms with van der Waals surface area (Å²) in [4.78, 5) is 0. The van der Waals surface area contributed by atoms with E-state index < -0.39 is 0 Å². The van der Waals surface area contributed by atoms with Crippen molar-refractivity contribution in [1.82, 2.24) is 0 Å². The first-order valence-electron chi connectivity index (χ1n) is 6.40. The summed E-state index contributed by atoms with van der Waals surface area (Å²) in [5, 5.41) is 12.6. The van der Waals surface area contributed by atoms with Gasteiger partial charge in [0.1, 0.15) is 0 Å². The number of nitrogens with two attached hydrogens (primary N) is 1. The predicted molar refractivity (Wildman–Crippen MR) is 77.9 cm³/mol. The van der Waals surface area contributed by atoms with Crippen molar-refractivity contribution in [2.75, 3.05) is 31.9 Å². The standard InChI is InChI=1S/C14H24N2O3/c1-9(2)5-10(8-17)16-12-7-14(19-4)13(18-3)6-11(12)15/h6-7,9-10,16-17H,5,8,15H2,1-4H3. The van der Waals surface area contributed by atoms with E-state index in [-0.39, 0.29) is 12.6 Å². The highest BCUT2D eigenvalue weighted by molar-refractivity contribution is 5.72. The van der Waals surface area contributed by atoms with Crippen molar-refractivity contribution in [2.24, 2.45) is 5.92 Å². The maximum absolute atomic E-state index is 9.40. The summed E-state index contributed by atoms with van der Waals surface area (Å²) in [7, 11) is 3.15. The third-order valence-corrected chi connectivity index (χ3v) is 2.89. The van der Waals surface area contributed by atoms with E-state index in [0.717, 1.165) is 12.1 Å². The Morgan fingerprint density at radius 1 is 1.21 bits per heavy atom. The molecule has 0 aliphatic carbocycles. The molecule has 0 saturated carbocycles. The number of benzene rings is 1. The Balaban J connectivity index is 2.93. The quantitative estimate of drug-likeness (QED) is 0.660. The number of ether oxygens (including phenoxy) is 2. The molecule has 0 radical (unpaired) electrons. The maximum Gasteiger partial charge on any atom is 0.162 e. The lowest BCUT2D eigenvalue weighted by Crippen LogP contribution is -2.26. The van der Waals surface area contributed by atoms with Crippen molar-refractivity contribution in [1.29, 1.82) is 0 Å². The Hall–Kier alpha value is -1.62. The summed E-state index contributed by atoms with van der Waals surface area (Å²) in [6.45, 7) is 4.29. The molecule has 1 rings (SSSR count). The molecule has 1 unspecified atom stereocenters. The van der Waals surface area contributed by atoms with Gasteiger partial charge >= 0.3 is 0 Å². The topological polar surface area (TPSA) is 76.7 Å². The molecule has 0 aliphatic rings. The molecule has 0 aliphatic heterocycles. The zero-order chi connectivity index (χ0) is 14.4. The molecule has 1 atom stereocenters. The Morgan fingerprint density at radius 2 is 1.79 bits per heavy atom. The Bertz CT molecular complexity index is 408. The van der Waals surface area contributed by atoms with Crippen LogP contribution < -0.4 is 20.5 Å². The highest BCUT2D eigenvalue weighted by Gasteiger charge is 2.14. The minimum atomic E-state index is -0.0274. The van der Waals surface area contributed by atoms with Gasteiger partial charge in [0.15, 0.2) is 11.5 Å². The average Bonchev–Trinajstić information content (AvgIpc) is 2.38. The van der Waals surface area contributed by atoms with Crippen LogP contribution in [0.3, 0.4) is 0 Å². The van der Waals surface area contributed by atoms with Gasteiger partial charge in [0.25, 0.3) is 0 Å². The maximum atomic E-state index is 9.40. The number of nitrogen functional groups attached to an aromatic ring is 1. The molecule has 5 heteroatoms. The van der Waals surface area contributed by atoms with E-state index in [1.165, 1.54) is 0 Å². The predicted octanol–water partition coefficient (Wildman–Crippen LogP) is 2.10. The number of nitrogens with one attached hydrogen (secondary N) is 1. The first-order chi connectivity index (χ1) is 9.01. The normalized spacial score (nSPS) is 12.3. The van der Waals surface area contributed by atoms with Gasteiger partial charge < -0.3 is 25.6 Å². The van der Waals surface area contributed by atoms with Crippen LogP contribution >= 0.6 is 0 Å².